The molecule has 1 rings (SSSR count). The maximum atomic E-state index is 11.9. The van der Waals surface area contributed by atoms with Gasteiger partial charge in [-0.15, -0.1) is 0 Å². The minimum Gasteiger partial charge on any atom is -0.481 e. The molecule has 0 aromatic rings. The first-order valence-corrected chi connectivity index (χ1v) is 6.68. The second kappa shape index (κ2) is 6.86. The summed E-state index contributed by atoms with van der Waals surface area (Å²) < 4.78 is 0. The number of aliphatic hydroxyl groups excluding tert-OH is 1. The molecule has 1 aliphatic heterocycles. The maximum Gasteiger partial charge on any atom is 0.306 e. The van der Waals surface area contributed by atoms with Crippen LogP contribution in [0.5, 0.6) is 0 Å². The molecule has 1 fully saturated rings. The van der Waals surface area contributed by atoms with Crippen LogP contribution >= 0.6 is 0 Å². The van der Waals surface area contributed by atoms with Crippen molar-refractivity contribution >= 4 is 11.9 Å². The van der Waals surface area contributed by atoms with Crippen molar-refractivity contribution in [1.29, 1.82) is 0 Å². The molecule has 6 nitrogen and oxygen atoms in total. The normalized spacial score (nSPS) is 17.5. The Hall–Kier alpha value is -1.14. The van der Waals surface area contributed by atoms with Gasteiger partial charge in [0.1, 0.15) is 0 Å². The van der Waals surface area contributed by atoms with Gasteiger partial charge in [-0.25, -0.2) is 0 Å². The summed E-state index contributed by atoms with van der Waals surface area (Å²) in [5.41, 5.74) is -0.240. The second-order valence-corrected chi connectivity index (χ2v) is 5.92. The lowest BCUT2D eigenvalue weighted by Gasteiger charge is -2.30. The number of hydrogen-bond acceptors (Lipinski definition) is 4. The van der Waals surface area contributed by atoms with Gasteiger partial charge < -0.3 is 20.4 Å². The van der Waals surface area contributed by atoms with Crippen molar-refractivity contribution in [1.82, 2.24) is 10.2 Å². The van der Waals surface area contributed by atoms with Gasteiger partial charge in [0.2, 0.25) is 5.91 Å². The summed E-state index contributed by atoms with van der Waals surface area (Å²) in [6.45, 7) is 5.74. The Balaban J connectivity index is 2.26. The number of carboxylic acid groups (broad SMARTS) is 1. The fourth-order valence-electron chi connectivity index (χ4n) is 2.05. The molecule has 0 aliphatic carbocycles. The molecule has 0 saturated carbocycles. The monoisotopic (exact) mass is 272 g/mol. The van der Waals surface area contributed by atoms with Crippen molar-refractivity contribution in [3.8, 4) is 0 Å². The van der Waals surface area contributed by atoms with Crippen LogP contribution in [0.25, 0.3) is 0 Å². The highest BCUT2D eigenvalue weighted by atomic mass is 16.4. The number of carbonyl (C=O) groups is 2. The standard InChI is InChI=1S/C13H24N2O4/c1-13(2,9-16)8-14-7-11(17)15-5-3-10(4-6-15)12(18)19/h10,14,16H,3-9H2,1-2H3,(H,18,19). The third-order valence-electron chi connectivity index (χ3n) is 3.50. The zero-order chi connectivity index (χ0) is 14.5. The molecular weight excluding hydrogens is 248 g/mol. The molecule has 1 aliphatic rings. The minimum atomic E-state index is -0.769. The molecule has 110 valence electrons. The lowest BCUT2D eigenvalue weighted by Crippen LogP contribution is -2.45. The highest BCUT2D eigenvalue weighted by molar-refractivity contribution is 5.78. The molecule has 0 unspecified atom stereocenters. The number of likely N-dealkylation sites (tertiary alicyclic amines) is 1. The lowest BCUT2D eigenvalue weighted by atomic mass is 9.95. The fourth-order valence-corrected chi connectivity index (χ4v) is 2.05. The molecule has 1 saturated heterocycles. The number of amides is 1. The number of hydrogen-bond donors (Lipinski definition) is 3. The molecule has 19 heavy (non-hydrogen) atoms. The van der Waals surface area contributed by atoms with Crippen molar-refractivity contribution in [2.75, 3.05) is 32.8 Å². The van der Waals surface area contributed by atoms with E-state index >= 15 is 0 Å². The van der Waals surface area contributed by atoms with Gasteiger partial charge in [0.15, 0.2) is 0 Å². The molecule has 3 N–H and O–H groups in total. The van der Waals surface area contributed by atoms with Gasteiger partial charge in [0.05, 0.1) is 12.5 Å². The highest BCUT2D eigenvalue weighted by Gasteiger charge is 2.27. The van der Waals surface area contributed by atoms with Crippen molar-refractivity contribution in [2.45, 2.75) is 26.7 Å². The van der Waals surface area contributed by atoms with Crippen molar-refractivity contribution < 1.29 is 19.8 Å². The Labute approximate surface area is 113 Å². The third-order valence-corrected chi connectivity index (χ3v) is 3.50. The van der Waals surface area contributed by atoms with Crippen LogP contribution in [0.4, 0.5) is 0 Å². The van der Waals surface area contributed by atoms with Gasteiger partial charge in [0.25, 0.3) is 0 Å². The van der Waals surface area contributed by atoms with E-state index in [1.54, 1.807) is 4.90 Å². The van der Waals surface area contributed by atoms with Crippen LogP contribution in [0.15, 0.2) is 0 Å². The Morgan fingerprint density at radius 3 is 2.37 bits per heavy atom. The number of carboxylic acids is 1. The molecular formula is C13H24N2O4. The summed E-state index contributed by atoms with van der Waals surface area (Å²) in [7, 11) is 0. The zero-order valence-corrected chi connectivity index (χ0v) is 11.7. The van der Waals surface area contributed by atoms with E-state index in [2.05, 4.69) is 5.32 Å². The first kappa shape index (κ1) is 15.9. The number of carbonyl (C=O) groups excluding carboxylic acids is 1. The first-order chi connectivity index (χ1) is 8.85. The second-order valence-electron chi connectivity index (χ2n) is 5.92. The number of rotatable bonds is 6. The van der Waals surface area contributed by atoms with Gasteiger partial charge in [-0.05, 0) is 12.8 Å². The van der Waals surface area contributed by atoms with Gasteiger partial charge in [-0.1, -0.05) is 13.8 Å². The highest BCUT2D eigenvalue weighted by Crippen LogP contribution is 2.17. The largest absolute Gasteiger partial charge is 0.481 e. The van der Waals surface area contributed by atoms with Crippen LogP contribution in [0.2, 0.25) is 0 Å². The SMILES string of the molecule is CC(C)(CO)CNCC(=O)N1CCC(C(=O)O)CC1. The summed E-state index contributed by atoms with van der Waals surface area (Å²) in [5.74, 6) is -1.09. The van der Waals surface area contributed by atoms with Gasteiger partial charge >= 0.3 is 5.97 Å². The molecule has 1 amide bonds. The van der Waals surface area contributed by atoms with Gasteiger partial charge in [-0.3, -0.25) is 9.59 Å². The van der Waals surface area contributed by atoms with E-state index in [0.717, 1.165) is 0 Å². The van der Waals surface area contributed by atoms with Crippen LogP contribution in [0.1, 0.15) is 26.7 Å². The predicted molar refractivity (Wildman–Crippen MR) is 70.7 cm³/mol. The van der Waals surface area contributed by atoms with E-state index in [1.807, 2.05) is 13.8 Å². The molecule has 0 bridgehead atoms. The zero-order valence-electron chi connectivity index (χ0n) is 11.7. The van der Waals surface area contributed by atoms with Crippen LogP contribution < -0.4 is 5.32 Å². The summed E-state index contributed by atoms with van der Waals surface area (Å²) in [5, 5.41) is 21.0. The van der Waals surface area contributed by atoms with E-state index in [4.69, 9.17) is 10.2 Å². The van der Waals surface area contributed by atoms with Crippen molar-refractivity contribution in [2.24, 2.45) is 11.3 Å². The fraction of sp³-hybridized carbons (Fsp3) is 0.846. The Morgan fingerprint density at radius 1 is 1.32 bits per heavy atom. The van der Waals surface area contributed by atoms with Gasteiger partial charge in [0, 0.05) is 31.7 Å². The molecule has 6 heteroatoms. The quantitative estimate of drug-likeness (QED) is 0.629. The lowest BCUT2D eigenvalue weighted by molar-refractivity contribution is -0.145. The average molecular weight is 272 g/mol. The van der Waals surface area contributed by atoms with E-state index in [-0.39, 0.29) is 30.4 Å². The summed E-state index contributed by atoms with van der Waals surface area (Å²) in [6, 6.07) is 0. The van der Waals surface area contributed by atoms with Crippen LogP contribution in [-0.4, -0.2) is 59.8 Å². The van der Waals surface area contributed by atoms with Crippen LogP contribution in [-0.2, 0) is 9.59 Å². The topological polar surface area (TPSA) is 89.9 Å². The maximum absolute atomic E-state index is 11.9. The molecule has 0 spiro atoms. The number of nitrogens with one attached hydrogen (secondary N) is 1. The van der Waals surface area contributed by atoms with E-state index < -0.39 is 5.97 Å². The van der Waals surface area contributed by atoms with E-state index in [9.17, 15) is 9.59 Å². The third kappa shape index (κ3) is 5.16. The Kier molecular flexibility index (Phi) is 5.75. The van der Waals surface area contributed by atoms with E-state index in [1.165, 1.54) is 0 Å². The van der Waals surface area contributed by atoms with Crippen molar-refractivity contribution in [3.05, 3.63) is 0 Å². The molecule has 0 aromatic heterocycles. The van der Waals surface area contributed by atoms with Crippen LogP contribution in [0, 0.1) is 11.3 Å². The number of nitrogens with zero attached hydrogens (tertiary/aromatic N) is 1. The molecule has 0 radical (unpaired) electrons. The smallest absolute Gasteiger partial charge is 0.306 e. The summed E-state index contributed by atoms with van der Waals surface area (Å²) in [6.07, 6.45) is 1.06. The minimum absolute atomic E-state index is 0.00224. The first-order valence-electron chi connectivity index (χ1n) is 6.68. The Bertz CT molecular complexity index is 323. The number of aliphatic carboxylic acids is 1. The van der Waals surface area contributed by atoms with Gasteiger partial charge in [-0.2, -0.15) is 0 Å². The summed E-state index contributed by atoms with van der Waals surface area (Å²) in [4.78, 5) is 24.4. The average Bonchev–Trinajstić information content (AvgIpc) is 2.38. The summed E-state index contributed by atoms with van der Waals surface area (Å²) >= 11 is 0. The van der Waals surface area contributed by atoms with Crippen LogP contribution in [0.3, 0.4) is 0 Å². The predicted octanol–water partition coefficient (Wildman–Crippen LogP) is -0.0823. The van der Waals surface area contributed by atoms with Crippen molar-refractivity contribution in [3.63, 3.8) is 0 Å². The number of piperidine rings is 1. The van der Waals surface area contributed by atoms with E-state index in [0.29, 0.717) is 32.5 Å². The molecule has 1 heterocycles. The Morgan fingerprint density at radius 2 is 1.89 bits per heavy atom. The molecule has 0 aromatic carbocycles. The molecule has 0 atom stereocenters. The number of aliphatic hydroxyl groups is 1.